The van der Waals surface area contributed by atoms with Crippen LogP contribution in [-0.2, 0) is 58.7 Å². The van der Waals surface area contributed by atoms with E-state index in [-0.39, 0.29) is 194 Å². The summed E-state index contributed by atoms with van der Waals surface area (Å²) in [5.74, 6) is 2.39. The van der Waals surface area contributed by atoms with E-state index in [0.717, 1.165) is 43.8 Å². The maximum Gasteiger partial charge on any atom is 2.00 e. The second-order valence-corrected chi connectivity index (χ2v) is 14.7. The number of rotatable bonds is 0. The van der Waals surface area contributed by atoms with Gasteiger partial charge in [-0.25, -0.2) is 29.9 Å². The monoisotopic (exact) mass is 1100 g/mol. The molecule has 2 aliphatic rings. The number of fused-ring (bicyclic) bond motifs is 20. The number of H-pyrrole nitrogens is 2. The molecule has 3 aromatic heterocycles. The average molecular weight is 1100 g/mol. The predicted octanol–water partition coefficient (Wildman–Crippen LogP) is -16.5. The van der Waals surface area contributed by atoms with Crippen molar-refractivity contribution < 1.29 is 265 Å². The van der Waals surface area contributed by atoms with E-state index in [2.05, 4.69) is 9.97 Å². The van der Waals surface area contributed by atoms with Gasteiger partial charge in [-0.2, -0.15) is 0 Å². The molecule has 35 heteroatoms. The maximum absolute atomic E-state index is 8.52. The predicted molar refractivity (Wildman–Crippen MR) is 198 cm³/mol. The van der Waals surface area contributed by atoms with Crippen molar-refractivity contribution in [3.63, 3.8) is 0 Å². The van der Waals surface area contributed by atoms with Gasteiger partial charge < -0.3 is 46.4 Å². The Balaban J connectivity index is -0.00000130. The Kier molecular flexibility index (Phi) is 32.5. The van der Waals surface area contributed by atoms with Crippen LogP contribution in [0.1, 0.15) is 0 Å². The third-order valence-corrected chi connectivity index (χ3v) is 7.46. The Hall–Kier alpha value is 0.239. The van der Waals surface area contributed by atoms with Crippen molar-refractivity contribution in [3.05, 3.63) is 97.1 Å². The SMILES string of the molecule is O=S(=O)([O-])[O-].O=S(=O)([O-])[O-].O=S(=O)([O-])[O-].O=S(=O)([O-])[O-].[Cu+2].[Na+].[Na+].[Na+].[Na+].[Na+].[Na+].c1ccc2c(c1)-c1nc-2nc2[nH]c(nc3nc(nc4[nH]c(n1)c1ccccc41)-c1ccccc1-3)c1ccccc21. The summed E-state index contributed by atoms with van der Waals surface area (Å²) in [7, 11) is -20.7. The summed E-state index contributed by atoms with van der Waals surface area (Å²) < 4.78 is 136. The van der Waals surface area contributed by atoms with Crippen molar-refractivity contribution >= 4 is 85.7 Å². The summed E-state index contributed by atoms with van der Waals surface area (Å²) in [5, 5.41) is 3.82. The van der Waals surface area contributed by atoms with Crippen LogP contribution < -0.4 is 177 Å². The molecule has 9 rings (SSSR count). The summed E-state index contributed by atoms with van der Waals surface area (Å²) in [6.45, 7) is 0. The fraction of sp³-hybridized carbons (Fsp3) is 0. The van der Waals surface area contributed by atoms with Crippen molar-refractivity contribution in [3.8, 4) is 45.6 Å². The summed E-state index contributed by atoms with van der Waals surface area (Å²) in [4.78, 5) is 36.8. The van der Waals surface area contributed by atoms with Crippen LogP contribution in [0.2, 0.25) is 0 Å². The third kappa shape index (κ3) is 23.3. The van der Waals surface area contributed by atoms with E-state index in [1.165, 1.54) is 0 Å². The zero-order chi connectivity index (χ0) is 44.2. The Labute approximate surface area is 524 Å². The Bertz CT molecular complexity index is 2960. The molecule has 0 spiro atoms. The second-order valence-electron chi connectivity index (χ2n) is 11.4. The summed E-state index contributed by atoms with van der Waals surface area (Å²) in [6, 6.07) is 32.2. The summed E-state index contributed by atoms with van der Waals surface area (Å²) in [5.41, 5.74) is 6.45. The number of nitrogens with zero attached hydrogens (tertiary/aromatic N) is 6. The molecule has 0 saturated carbocycles. The molecule has 2 aliphatic heterocycles. The van der Waals surface area contributed by atoms with Gasteiger partial charge in [-0.15, -0.1) is 0 Å². The van der Waals surface area contributed by atoms with Gasteiger partial charge in [0.05, 0.1) is 0 Å². The van der Waals surface area contributed by atoms with E-state index in [4.69, 9.17) is 100.0 Å². The smallest absolute Gasteiger partial charge is 0.759 e. The fourth-order valence-corrected chi connectivity index (χ4v) is 5.59. The molecule has 67 heavy (non-hydrogen) atoms. The van der Waals surface area contributed by atoms with Crippen LogP contribution in [0.5, 0.6) is 0 Å². The normalized spacial score (nSPS) is 10.6. The topological polar surface area (TPSA) is 430 Å². The Morgan fingerprint density at radius 2 is 0.448 bits per heavy atom. The number of aromatic amines is 2. The number of hydrogen-bond acceptors (Lipinski definition) is 22. The van der Waals surface area contributed by atoms with Crippen molar-refractivity contribution in [1.82, 2.24) is 39.9 Å². The van der Waals surface area contributed by atoms with Crippen molar-refractivity contribution in [2.75, 3.05) is 0 Å². The molecule has 323 valence electrons. The van der Waals surface area contributed by atoms with Gasteiger partial charge in [0.25, 0.3) is 0 Å². The number of benzene rings is 4. The molecule has 5 heterocycles. The zero-order valence-electron chi connectivity index (χ0n) is 35.4. The van der Waals surface area contributed by atoms with Gasteiger partial charge in [0.15, 0.2) is 23.3 Å². The van der Waals surface area contributed by atoms with Gasteiger partial charge >= 0.3 is 194 Å². The molecule has 0 saturated heterocycles. The number of hydrogen-bond donors (Lipinski definition) is 2. The molecule has 0 aliphatic carbocycles. The van der Waals surface area contributed by atoms with E-state index in [1.54, 1.807) is 0 Å². The first-order valence-electron chi connectivity index (χ1n) is 15.7. The maximum atomic E-state index is 8.52. The first-order chi connectivity index (χ1) is 27.8. The molecule has 2 N–H and O–H groups in total. The molecule has 7 aromatic rings. The van der Waals surface area contributed by atoms with Crippen LogP contribution in [-0.4, -0.2) is 110 Å². The Morgan fingerprint density at radius 1 is 0.299 bits per heavy atom. The zero-order valence-corrected chi connectivity index (χ0v) is 51.6. The van der Waals surface area contributed by atoms with Crippen LogP contribution >= 0.6 is 0 Å². The second kappa shape index (κ2) is 30.4. The molecule has 0 unspecified atom stereocenters. The van der Waals surface area contributed by atoms with Crippen molar-refractivity contribution in [2.24, 2.45) is 0 Å². The average Bonchev–Trinajstić information content (AvgIpc) is 3.85. The molecule has 24 nitrogen and oxygen atoms in total. The molecular weight excluding hydrogens is 1080 g/mol. The molecule has 4 aromatic carbocycles. The van der Waals surface area contributed by atoms with E-state index in [1.807, 2.05) is 97.1 Å². The van der Waals surface area contributed by atoms with Gasteiger partial charge in [0, 0.05) is 85.4 Å². The van der Waals surface area contributed by atoms with Crippen LogP contribution in [0.15, 0.2) is 97.1 Å². The van der Waals surface area contributed by atoms with Gasteiger partial charge in [-0.1, -0.05) is 97.1 Å². The largest absolute Gasteiger partial charge is 2.00 e. The standard InChI is InChI=1S/C32H18N8.Cu.6Na.4H2O4S/c1-2-10-18-17(9-1)25-33-26(18)38-28-21-13-5-6-14-22(21)30(35-28)40-32-24-16-8-7-15-23(24)31(36-32)39-29-20-12-4-3-11-19(20)27(34-29)37-25;;;;;;;;4*1-5(2,3)4/h1-16H,(H2,33,34,35,36,37,38,39,40);;;;;;;;4*(H2,1,2,3,4)/q;+2;6*+1;;;;/p-8. The molecular formula is C32H18CuN8Na6O16S4. The van der Waals surface area contributed by atoms with Gasteiger partial charge in [0.1, 0.15) is 22.6 Å². The van der Waals surface area contributed by atoms with E-state index in [9.17, 15) is 0 Å². The van der Waals surface area contributed by atoms with Gasteiger partial charge in [-0.3, -0.25) is 33.7 Å². The van der Waals surface area contributed by atoms with E-state index >= 15 is 0 Å². The summed E-state index contributed by atoms with van der Waals surface area (Å²) >= 11 is 0. The van der Waals surface area contributed by atoms with Crippen molar-refractivity contribution in [2.45, 2.75) is 0 Å². The quantitative estimate of drug-likeness (QED) is 0.0809. The molecule has 0 atom stereocenters. The number of aromatic nitrogens is 8. The fourth-order valence-electron chi connectivity index (χ4n) is 5.59. The van der Waals surface area contributed by atoms with Crippen molar-refractivity contribution in [1.29, 1.82) is 0 Å². The first-order valence-corrected chi connectivity index (χ1v) is 21.0. The van der Waals surface area contributed by atoms with Gasteiger partial charge in [-0.05, 0) is 0 Å². The summed E-state index contributed by atoms with van der Waals surface area (Å²) in [6.07, 6.45) is 0. The minimum atomic E-state index is -5.17. The first kappa shape index (κ1) is 71.5. The van der Waals surface area contributed by atoms with Crippen LogP contribution in [0, 0.1) is 0 Å². The van der Waals surface area contributed by atoms with Crippen LogP contribution in [0.4, 0.5) is 0 Å². The van der Waals surface area contributed by atoms with E-state index in [0.29, 0.717) is 45.9 Å². The van der Waals surface area contributed by atoms with E-state index < -0.39 is 41.6 Å². The third-order valence-electron chi connectivity index (χ3n) is 7.46. The molecule has 8 bridgehead atoms. The minimum absolute atomic E-state index is 0. The van der Waals surface area contributed by atoms with Crippen LogP contribution in [0.3, 0.4) is 0 Å². The molecule has 0 amide bonds. The van der Waals surface area contributed by atoms with Crippen LogP contribution in [0.25, 0.3) is 89.7 Å². The minimum Gasteiger partial charge on any atom is -0.759 e. The molecule has 1 radical (unpaired) electrons. The Morgan fingerprint density at radius 3 is 0.612 bits per heavy atom. The molecule has 0 fully saturated rings. The van der Waals surface area contributed by atoms with Gasteiger partial charge in [0.2, 0.25) is 0 Å². The number of nitrogens with one attached hydrogen (secondary N) is 2.